The van der Waals surface area contributed by atoms with E-state index in [1.807, 2.05) is 54.6 Å². The number of ether oxygens (including phenoxy) is 2. The van der Waals surface area contributed by atoms with Gasteiger partial charge in [0.1, 0.15) is 12.4 Å². The van der Waals surface area contributed by atoms with Crippen LogP contribution in [0.5, 0.6) is 17.2 Å². The number of hydrogen-bond acceptors (Lipinski definition) is 6. The molecule has 1 atom stereocenters. The Morgan fingerprint density at radius 3 is 2.27 bits per heavy atom. The van der Waals surface area contributed by atoms with E-state index >= 15 is 0 Å². The van der Waals surface area contributed by atoms with Crippen LogP contribution >= 0.6 is 0 Å². The molecule has 7 heteroatoms. The molecule has 0 fully saturated rings. The molecule has 1 unspecified atom stereocenters. The van der Waals surface area contributed by atoms with Crippen molar-refractivity contribution in [3.63, 3.8) is 0 Å². The van der Waals surface area contributed by atoms with Gasteiger partial charge in [-0.25, -0.2) is 0 Å². The van der Waals surface area contributed by atoms with Crippen molar-refractivity contribution in [1.29, 1.82) is 0 Å². The van der Waals surface area contributed by atoms with Crippen LogP contribution in [-0.2, 0) is 16.1 Å². The van der Waals surface area contributed by atoms with Gasteiger partial charge in [0, 0.05) is 20.0 Å². The van der Waals surface area contributed by atoms with Crippen molar-refractivity contribution in [3.05, 3.63) is 89.5 Å². The molecule has 0 aliphatic heterocycles. The van der Waals surface area contributed by atoms with Gasteiger partial charge in [0.15, 0.2) is 11.5 Å². The Bertz CT molecular complexity index is 1020. The summed E-state index contributed by atoms with van der Waals surface area (Å²) in [5.41, 5.74) is 9.11. The summed E-state index contributed by atoms with van der Waals surface area (Å²) in [5, 5.41) is 19.0. The minimum absolute atomic E-state index is 0.101. The summed E-state index contributed by atoms with van der Waals surface area (Å²) in [6.07, 6.45) is 0. The maximum atomic E-state index is 11.9. The van der Waals surface area contributed by atoms with Crippen molar-refractivity contribution in [2.24, 2.45) is 5.73 Å². The summed E-state index contributed by atoms with van der Waals surface area (Å²) in [6, 6.07) is 22.0. The molecule has 0 bridgehead atoms. The van der Waals surface area contributed by atoms with Gasteiger partial charge in [-0.3, -0.25) is 4.79 Å². The molecule has 4 N–H and O–H groups in total. The molecule has 0 heterocycles. The Labute approximate surface area is 194 Å². The molecule has 33 heavy (non-hydrogen) atoms. The van der Waals surface area contributed by atoms with Crippen LogP contribution in [0.2, 0.25) is 0 Å². The molecule has 0 saturated carbocycles. The van der Waals surface area contributed by atoms with Gasteiger partial charge in [0.2, 0.25) is 5.91 Å². The summed E-state index contributed by atoms with van der Waals surface area (Å²) >= 11 is 0. The molecule has 1 amide bonds. The van der Waals surface area contributed by atoms with Gasteiger partial charge >= 0.3 is 0 Å². The average molecular weight is 451 g/mol. The Kier molecular flexibility index (Phi) is 8.69. The zero-order valence-electron chi connectivity index (χ0n) is 18.7. The largest absolute Gasteiger partial charge is 0.504 e. The first-order valence-corrected chi connectivity index (χ1v) is 10.8. The predicted octanol–water partition coefficient (Wildman–Crippen LogP) is 3.59. The summed E-state index contributed by atoms with van der Waals surface area (Å²) in [6.45, 7) is 3.34. The van der Waals surface area contributed by atoms with Gasteiger partial charge in [-0.05, 0) is 41.0 Å². The van der Waals surface area contributed by atoms with Crippen molar-refractivity contribution in [1.82, 2.24) is 4.90 Å². The fourth-order valence-electron chi connectivity index (χ4n) is 3.36. The molecule has 0 saturated heterocycles. The lowest BCUT2D eigenvalue weighted by atomic mass is 10.00. The van der Waals surface area contributed by atoms with Crippen LogP contribution in [0.1, 0.15) is 29.7 Å². The van der Waals surface area contributed by atoms with E-state index < -0.39 is 0 Å². The fourth-order valence-corrected chi connectivity index (χ4v) is 3.36. The van der Waals surface area contributed by atoms with E-state index in [4.69, 9.17) is 15.2 Å². The van der Waals surface area contributed by atoms with Crippen molar-refractivity contribution >= 4 is 5.91 Å². The van der Waals surface area contributed by atoms with E-state index in [1.165, 1.54) is 19.1 Å². The molecule has 0 aliphatic carbocycles. The number of benzene rings is 3. The highest BCUT2D eigenvalue weighted by atomic mass is 16.5. The van der Waals surface area contributed by atoms with Crippen LogP contribution in [0.3, 0.4) is 0 Å². The third kappa shape index (κ3) is 7.24. The predicted molar refractivity (Wildman–Crippen MR) is 126 cm³/mol. The first kappa shape index (κ1) is 24.1. The van der Waals surface area contributed by atoms with E-state index in [9.17, 15) is 15.0 Å². The number of amides is 1. The third-order valence-electron chi connectivity index (χ3n) is 5.26. The van der Waals surface area contributed by atoms with Crippen LogP contribution in [0, 0.1) is 0 Å². The highest BCUT2D eigenvalue weighted by Crippen LogP contribution is 2.25. The number of carbonyl (C=O) groups excluding carboxylic acids is 1. The molecule has 3 rings (SSSR count). The first-order chi connectivity index (χ1) is 15.9. The maximum absolute atomic E-state index is 11.9. The van der Waals surface area contributed by atoms with Crippen molar-refractivity contribution in [2.45, 2.75) is 19.5 Å². The number of carbonyl (C=O) groups is 1. The quantitative estimate of drug-likeness (QED) is 0.305. The van der Waals surface area contributed by atoms with Crippen LogP contribution in [0.25, 0.3) is 0 Å². The smallest absolute Gasteiger partial charge is 0.219 e. The van der Waals surface area contributed by atoms with Crippen molar-refractivity contribution in [2.75, 3.05) is 26.4 Å². The number of rotatable bonds is 11. The lowest BCUT2D eigenvalue weighted by molar-refractivity contribution is -0.130. The van der Waals surface area contributed by atoms with E-state index in [0.29, 0.717) is 32.9 Å². The average Bonchev–Trinajstić information content (AvgIpc) is 2.83. The molecule has 0 aliphatic rings. The summed E-state index contributed by atoms with van der Waals surface area (Å²) < 4.78 is 11.3. The van der Waals surface area contributed by atoms with Crippen molar-refractivity contribution < 1.29 is 24.5 Å². The number of phenols is 2. The number of aromatic hydroxyl groups is 2. The molecule has 3 aromatic carbocycles. The van der Waals surface area contributed by atoms with Crippen LogP contribution in [0.15, 0.2) is 72.8 Å². The zero-order chi connectivity index (χ0) is 23.6. The molecule has 0 radical (unpaired) electrons. The second-order valence-corrected chi connectivity index (χ2v) is 7.68. The number of nitrogens with zero attached hydrogens (tertiary/aromatic N) is 1. The van der Waals surface area contributed by atoms with E-state index in [0.717, 1.165) is 22.4 Å². The van der Waals surface area contributed by atoms with Crippen LogP contribution < -0.4 is 10.5 Å². The van der Waals surface area contributed by atoms with Gasteiger partial charge in [-0.15, -0.1) is 0 Å². The Morgan fingerprint density at radius 2 is 1.61 bits per heavy atom. The second-order valence-electron chi connectivity index (χ2n) is 7.68. The third-order valence-corrected chi connectivity index (χ3v) is 5.26. The molecule has 7 nitrogen and oxygen atoms in total. The topological polar surface area (TPSA) is 105 Å². The molecular weight excluding hydrogens is 420 g/mol. The summed E-state index contributed by atoms with van der Waals surface area (Å²) in [4.78, 5) is 13.5. The minimum Gasteiger partial charge on any atom is -0.504 e. The summed E-state index contributed by atoms with van der Waals surface area (Å²) in [7, 11) is 0. The molecular formula is C26H30N2O5. The molecule has 0 aromatic heterocycles. The van der Waals surface area contributed by atoms with Gasteiger partial charge < -0.3 is 30.3 Å². The summed E-state index contributed by atoms with van der Waals surface area (Å²) in [5.74, 6) is 0.237. The van der Waals surface area contributed by atoms with Crippen LogP contribution in [-0.4, -0.2) is 47.4 Å². The molecule has 0 spiro atoms. The van der Waals surface area contributed by atoms with E-state index in [-0.39, 0.29) is 23.4 Å². The first-order valence-electron chi connectivity index (χ1n) is 10.8. The Hall–Kier alpha value is -3.55. The van der Waals surface area contributed by atoms with Crippen LogP contribution in [0.4, 0.5) is 0 Å². The van der Waals surface area contributed by atoms with Gasteiger partial charge in [-0.2, -0.15) is 0 Å². The van der Waals surface area contributed by atoms with Gasteiger partial charge in [0.25, 0.3) is 0 Å². The second kappa shape index (κ2) is 11.9. The van der Waals surface area contributed by atoms with E-state index in [1.54, 1.807) is 11.0 Å². The monoisotopic (exact) mass is 450 g/mol. The lowest BCUT2D eigenvalue weighted by Crippen LogP contribution is -2.31. The maximum Gasteiger partial charge on any atom is 0.219 e. The number of nitrogens with two attached hydrogens (primary N) is 1. The standard InChI is InChI=1S/C26H30N2O5/c1-19(29)28(18-20-7-12-24(30)25(31)17-20)13-14-32-15-16-33-23-10-8-22(9-11-23)26(27)21-5-3-2-4-6-21/h2-12,17,26,30-31H,13-16,18,27H2,1H3. The fraction of sp³-hybridized carbons (Fsp3) is 0.269. The lowest BCUT2D eigenvalue weighted by Gasteiger charge is -2.21. The highest BCUT2D eigenvalue weighted by Gasteiger charge is 2.11. The normalized spacial score (nSPS) is 11.7. The minimum atomic E-state index is -0.209. The highest BCUT2D eigenvalue weighted by molar-refractivity contribution is 5.73. The Balaban J connectivity index is 1.38. The molecule has 3 aromatic rings. The van der Waals surface area contributed by atoms with Gasteiger partial charge in [-0.1, -0.05) is 48.5 Å². The number of phenolic OH excluding ortho intramolecular Hbond substituents is 2. The Morgan fingerprint density at radius 1 is 0.909 bits per heavy atom. The number of hydrogen-bond donors (Lipinski definition) is 3. The van der Waals surface area contributed by atoms with Gasteiger partial charge in [0.05, 0.1) is 19.3 Å². The van der Waals surface area contributed by atoms with E-state index in [2.05, 4.69) is 0 Å². The van der Waals surface area contributed by atoms with Crippen molar-refractivity contribution in [3.8, 4) is 17.2 Å². The zero-order valence-corrected chi connectivity index (χ0v) is 18.7. The molecule has 174 valence electrons. The SMILES string of the molecule is CC(=O)N(CCOCCOc1ccc(C(N)c2ccccc2)cc1)Cc1ccc(O)c(O)c1.